The molecule has 1 unspecified atom stereocenters. The molecule has 0 aliphatic carbocycles. The summed E-state index contributed by atoms with van der Waals surface area (Å²) in [5.41, 5.74) is 2.72. The third-order valence-electron chi connectivity index (χ3n) is 2.88. The van der Waals surface area contributed by atoms with Crippen LogP contribution in [-0.4, -0.2) is 19.0 Å². The first-order valence-electron chi connectivity index (χ1n) is 5.30. The van der Waals surface area contributed by atoms with E-state index in [2.05, 4.69) is 34.9 Å². The molecular formula is C12H16N2O. The number of amides is 1. The Kier molecular flexibility index (Phi) is 3.02. The number of carbonyl (C=O) groups excluding carboxylic acids is 1. The molecule has 1 aliphatic rings. The van der Waals surface area contributed by atoms with E-state index in [1.54, 1.807) is 7.05 Å². The Morgan fingerprint density at radius 2 is 2.20 bits per heavy atom. The lowest BCUT2D eigenvalue weighted by Crippen LogP contribution is -2.39. The molecule has 0 spiro atoms. The lowest BCUT2D eigenvalue weighted by Gasteiger charge is -2.25. The maximum Gasteiger partial charge on any atom is 0.221 e. The largest absolute Gasteiger partial charge is 0.359 e. The summed E-state index contributed by atoms with van der Waals surface area (Å²) in [4.78, 5) is 11.2. The van der Waals surface area contributed by atoms with E-state index < -0.39 is 0 Å². The summed E-state index contributed by atoms with van der Waals surface area (Å²) in [5, 5.41) is 6.04. The standard InChI is InChI=1S/C12H16N2O/c1-13-12(15)7-11-6-9-4-2-3-5-10(9)8-14-11/h2-5,11,14H,6-8H2,1H3,(H,13,15). The molecular weight excluding hydrogens is 188 g/mol. The van der Waals surface area contributed by atoms with Gasteiger partial charge in [0.15, 0.2) is 0 Å². The molecule has 0 fully saturated rings. The molecule has 3 nitrogen and oxygen atoms in total. The van der Waals surface area contributed by atoms with Crippen LogP contribution in [0.25, 0.3) is 0 Å². The zero-order chi connectivity index (χ0) is 10.7. The number of nitrogens with one attached hydrogen (secondary N) is 2. The summed E-state index contributed by atoms with van der Waals surface area (Å²) < 4.78 is 0. The maximum absolute atomic E-state index is 11.2. The molecule has 1 aromatic rings. The molecule has 0 saturated heterocycles. The zero-order valence-electron chi connectivity index (χ0n) is 8.92. The van der Waals surface area contributed by atoms with E-state index in [-0.39, 0.29) is 11.9 Å². The number of hydrogen-bond donors (Lipinski definition) is 2. The van der Waals surface area contributed by atoms with E-state index in [1.165, 1.54) is 11.1 Å². The Morgan fingerprint density at radius 3 is 2.93 bits per heavy atom. The Bertz CT molecular complexity index is 362. The van der Waals surface area contributed by atoms with Crippen LogP contribution in [-0.2, 0) is 17.8 Å². The number of benzene rings is 1. The topological polar surface area (TPSA) is 41.1 Å². The quantitative estimate of drug-likeness (QED) is 0.749. The molecule has 1 amide bonds. The molecule has 2 rings (SSSR count). The van der Waals surface area contributed by atoms with Crippen molar-refractivity contribution < 1.29 is 4.79 Å². The SMILES string of the molecule is CNC(=O)CC1Cc2ccccc2CN1. The number of fused-ring (bicyclic) bond motifs is 1. The van der Waals surface area contributed by atoms with Gasteiger partial charge in [0.05, 0.1) is 0 Å². The van der Waals surface area contributed by atoms with Gasteiger partial charge in [0, 0.05) is 26.1 Å². The molecule has 0 radical (unpaired) electrons. The van der Waals surface area contributed by atoms with Crippen molar-refractivity contribution in [3.05, 3.63) is 35.4 Å². The molecule has 80 valence electrons. The number of hydrogen-bond acceptors (Lipinski definition) is 2. The minimum atomic E-state index is 0.104. The van der Waals surface area contributed by atoms with Crippen LogP contribution >= 0.6 is 0 Å². The first kappa shape index (κ1) is 10.2. The Morgan fingerprint density at radius 1 is 1.47 bits per heavy atom. The van der Waals surface area contributed by atoms with Crippen LogP contribution in [0.3, 0.4) is 0 Å². The second-order valence-electron chi connectivity index (χ2n) is 3.93. The fraction of sp³-hybridized carbons (Fsp3) is 0.417. The van der Waals surface area contributed by atoms with Gasteiger partial charge in [-0.15, -0.1) is 0 Å². The summed E-state index contributed by atoms with van der Waals surface area (Å²) >= 11 is 0. The normalized spacial score (nSPS) is 19.4. The van der Waals surface area contributed by atoms with Gasteiger partial charge >= 0.3 is 0 Å². The lowest BCUT2D eigenvalue weighted by molar-refractivity contribution is -0.121. The average molecular weight is 204 g/mol. The predicted octanol–water partition coefficient (Wildman–Crippen LogP) is 0.837. The molecule has 15 heavy (non-hydrogen) atoms. The minimum absolute atomic E-state index is 0.104. The monoisotopic (exact) mass is 204 g/mol. The molecule has 1 aliphatic heterocycles. The third-order valence-corrected chi connectivity index (χ3v) is 2.88. The minimum Gasteiger partial charge on any atom is -0.359 e. The molecule has 0 saturated carbocycles. The van der Waals surface area contributed by atoms with Crippen LogP contribution in [0, 0.1) is 0 Å². The summed E-state index contributed by atoms with van der Waals surface area (Å²) in [6.45, 7) is 0.873. The maximum atomic E-state index is 11.2. The summed E-state index contributed by atoms with van der Waals surface area (Å²) in [7, 11) is 1.68. The Hall–Kier alpha value is -1.35. The van der Waals surface area contributed by atoms with Gasteiger partial charge in [0.1, 0.15) is 0 Å². The third kappa shape index (κ3) is 2.36. The van der Waals surface area contributed by atoms with E-state index >= 15 is 0 Å². The van der Waals surface area contributed by atoms with Crippen molar-refractivity contribution in [2.24, 2.45) is 0 Å². The van der Waals surface area contributed by atoms with Crippen molar-refractivity contribution in [3.8, 4) is 0 Å². The Balaban J connectivity index is 2.02. The van der Waals surface area contributed by atoms with Gasteiger partial charge in [0.25, 0.3) is 0 Å². The van der Waals surface area contributed by atoms with Crippen LogP contribution < -0.4 is 10.6 Å². The van der Waals surface area contributed by atoms with Gasteiger partial charge in [-0.3, -0.25) is 4.79 Å². The van der Waals surface area contributed by atoms with Crippen molar-refractivity contribution in [1.82, 2.24) is 10.6 Å². The first-order chi connectivity index (χ1) is 7.29. The van der Waals surface area contributed by atoms with Crippen LogP contribution in [0.15, 0.2) is 24.3 Å². The predicted molar refractivity (Wildman–Crippen MR) is 59.5 cm³/mol. The van der Waals surface area contributed by atoms with E-state index in [4.69, 9.17) is 0 Å². The van der Waals surface area contributed by atoms with Crippen LogP contribution in [0.5, 0.6) is 0 Å². The first-order valence-corrected chi connectivity index (χ1v) is 5.30. The fourth-order valence-electron chi connectivity index (χ4n) is 1.99. The second kappa shape index (κ2) is 4.45. The molecule has 0 aromatic heterocycles. The van der Waals surface area contributed by atoms with E-state index in [0.717, 1.165) is 13.0 Å². The van der Waals surface area contributed by atoms with Gasteiger partial charge in [-0.25, -0.2) is 0 Å². The zero-order valence-corrected chi connectivity index (χ0v) is 8.92. The van der Waals surface area contributed by atoms with Crippen LogP contribution in [0.1, 0.15) is 17.5 Å². The highest BCUT2D eigenvalue weighted by molar-refractivity contribution is 5.76. The second-order valence-corrected chi connectivity index (χ2v) is 3.93. The van der Waals surface area contributed by atoms with E-state index in [1.807, 2.05) is 0 Å². The van der Waals surface area contributed by atoms with Crippen molar-refractivity contribution in [3.63, 3.8) is 0 Å². The van der Waals surface area contributed by atoms with E-state index in [0.29, 0.717) is 6.42 Å². The molecule has 2 N–H and O–H groups in total. The van der Waals surface area contributed by atoms with Crippen molar-refractivity contribution >= 4 is 5.91 Å². The summed E-state index contributed by atoms with van der Waals surface area (Å²) in [5.74, 6) is 0.104. The molecule has 1 heterocycles. The molecule has 3 heteroatoms. The number of carbonyl (C=O) groups is 1. The van der Waals surface area contributed by atoms with Gasteiger partial charge < -0.3 is 10.6 Å². The van der Waals surface area contributed by atoms with Gasteiger partial charge in [0.2, 0.25) is 5.91 Å². The lowest BCUT2D eigenvalue weighted by atomic mass is 9.94. The van der Waals surface area contributed by atoms with Crippen molar-refractivity contribution in [2.45, 2.75) is 25.4 Å². The molecule has 1 aromatic carbocycles. The van der Waals surface area contributed by atoms with Crippen molar-refractivity contribution in [1.29, 1.82) is 0 Å². The highest BCUT2D eigenvalue weighted by Gasteiger charge is 2.19. The number of rotatable bonds is 2. The van der Waals surface area contributed by atoms with Crippen LogP contribution in [0.4, 0.5) is 0 Å². The smallest absolute Gasteiger partial charge is 0.221 e. The summed E-state index contributed by atoms with van der Waals surface area (Å²) in [6, 6.07) is 8.67. The van der Waals surface area contributed by atoms with Crippen LogP contribution in [0.2, 0.25) is 0 Å². The molecule has 1 atom stereocenters. The van der Waals surface area contributed by atoms with Gasteiger partial charge in [-0.1, -0.05) is 24.3 Å². The van der Waals surface area contributed by atoms with Gasteiger partial charge in [-0.2, -0.15) is 0 Å². The van der Waals surface area contributed by atoms with E-state index in [9.17, 15) is 4.79 Å². The fourth-order valence-corrected chi connectivity index (χ4v) is 1.99. The molecule has 0 bridgehead atoms. The highest BCUT2D eigenvalue weighted by atomic mass is 16.1. The van der Waals surface area contributed by atoms with Gasteiger partial charge in [-0.05, 0) is 17.5 Å². The Labute approximate surface area is 89.9 Å². The average Bonchev–Trinajstić information content (AvgIpc) is 2.29. The van der Waals surface area contributed by atoms with Crippen molar-refractivity contribution in [2.75, 3.05) is 7.05 Å². The highest BCUT2D eigenvalue weighted by Crippen LogP contribution is 2.17. The summed E-state index contributed by atoms with van der Waals surface area (Å²) in [6.07, 6.45) is 1.51.